The highest BCUT2D eigenvalue weighted by atomic mass is 32.1. The molecule has 0 saturated carbocycles. The van der Waals surface area contributed by atoms with Gasteiger partial charge in [-0.15, -0.1) is 11.3 Å². The van der Waals surface area contributed by atoms with Crippen molar-refractivity contribution in [2.75, 3.05) is 9.80 Å². The third-order valence-electron chi connectivity index (χ3n) is 13.4. The highest BCUT2D eigenvalue weighted by Gasteiger charge is 2.25. The first kappa shape index (κ1) is 37.7. The van der Waals surface area contributed by atoms with Crippen LogP contribution in [-0.2, 0) is 0 Å². The number of rotatable bonds is 7. The van der Waals surface area contributed by atoms with Crippen LogP contribution in [0.1, 0.15) is 0 Å². The fourth-order valence-corrected chi connectivity index (χ4v) is 11.8. The summed E-state index contributed by atoms with van der Waals surface area (Å²) in [6.45, 7) is 0. The summed E-state index contributed by atoms with van der Waals surface area (Å²) in [6.07, 6.45) is 0. The standard InChI is InChI=1S/C62H38N2O2S/c1-3-17-39(18-4-1)43-21-9-12-28-53(43)64(55-30-16-27-49-46-24-11-14-32-57(46)66-61(49)55)41-33-35-50-52(37-41)44-22-7-8-25-47(44)59-51-36-34-42(38-58(51)67-62(50)59)63(40-19-5-2-6-20-40)54-29-15-26-48-45-23-10-13-31-56(45)65-60(48)54/h1-38H. The zero-order chi connectivity index (χ0) is 44.0. The molecule has 0 spiro atoms. The van der Waals surface area contributed by atoms with Crippen LogP contribution in [0.2, 0.25) is 0 Å². The Morgan fingerprint density at radius 3 is 1.54 bits per heavy atom. The molecule has 0 atom stereocenters. The van der Waals surface area contributed by atoms with Gasteiger partial charge in [0.05, 0.1) is 17.1 Å². The van der Waals surface area contributed by atoms with Crippen LogP contribution in [0, 0.1) is 0 Å². The van der Waals surface area contributed by atoms with E-state index in [0.717, 1.165) is 89.1 Å². The van der Waals surface area contributed by atoms with E-state index >= 15 is 0 Å². The van der Waals surface area contributed by atoms with Gasteiger partial charge in [0.2, 0.25) is 0 Å². The average Bonchev–Trinajstić information content (AvgIpc) is 4.10. The molecule has 14 rings (SSSR count). The molecule has 0 amide bonds. The van der Waals surface area contributed by atoms with Gasteiger partial charge in [-0.3, -0.25) is 0 Å². The Kier molecular flexibility index (Phi) is 8.42. The second-order valence-corrected chi connectivity index (χ2v) is 18.2. The third kappa shape index (κ3) is 5.85. The van der Waals surface area contributed by atoms with Gasteiger partial charge >= 0.3 is 0 Å². The van der Waals surface area contributed by atoms with Crippen LogP contribution in [0.25, 0.3) is 96.7 Å². The monoisotopic (exact) mass is 874 g/mol. The van der Waals surface area contributed by atoms with Gasteiger partial charge < -0.3 is 18.6 Å². The summed E-state index contributed by atoms with van der Waals surface area (Å²) in [5, 5.41) is 11.8. The Balaban J connectivity index is 0.994. The lowest BCUT2D eigenvalue weighted by atomic mass is 9.96. The maximum Gasteiger partial charge on any atom is 0.159 e. The normalized spacial score (nSPS) is 11.9. The minimum absolute atomic E-state index is 0.855. The number of thiophene rings is 1. The Morgan fingerprint density at radius 1 is 0.313 bits per heavy atom. The fraction of sp³-hybridized carbons (Fsp3) is 0. The van der Waals surface area contributed by atoms with E-state index in [1.54, 1.807) is 0 Å². The minimum Gasteiger partial charge on any atom is -0.454 e. The van der Waals surface area contributed by atoms with Gasteiger partial charge in [-0.1, -0.05) is 164 Å². The molecule has 14 aromatic rings. The Hall–Kier alpha value is -8.64. The molecule has 3 aromatic heterocycles. The van der Waals surface area contributed by atoms with Crippen LogP contribution >= 0.6 is 11.3 Å². The first-order chi connectivity index (χ1) is 33.2. The van der Waals surface area contributed by atoms with Crippen molar-refractivity contribution >= 4 is 131 Å². The highest BCUT2D eigenvalue weighted by molar-refractivity contribution is 7.27. The molecule has 0 aliphatic rings. The number of nitrogens with zero attached hydrogens (tertiary/aromatic N) is 2. The van der Waals surface area contributed by atoms with Crippen molar-refractivity contribution in [3.8, 4) is 11.1 Å². The summed E-state index contributed by atoms with van der Waals surface area (Å²) in [4.78, 5) is 4.73. The van der Waals surface area contributed by atoms with Gasteiger partial charge in [-0.25, -0.2) is 0 Å². The van der Waals surface area contributed by atoms with Crippen molar-refractivity contribution < 1.29 is 8.83 Å². The van der Waals surface area contributed by atoms with Crippen LogP contribution in [-0.4, -0.2) is 0 Å². The van der Waals surface area contributed by atoms with Gasteiger partial charge in [0.15, 0.2) is 11.2 Å². The summed E-state index contributed by atoms with van der Waals surface area (Å²) in [5.74, 6) is 0. The lowest BCUT2D eigenvalue weighted by molar-refractivity contribution is 0.668. The molecule has 0 radical (unpaired) electrons. The SMILES string of the molecule is c1ccc(-c2ccccc2N(c2ccc3c(c2)c2ccccc2c2c4ccc(N(c5ccccc5)c5cccc6c5oc5ccccc56)cc4sc32)c2cccc3c2oc2ccccc23)cc1. The number of hydrogen-bond acceptors (Lipinski definition) is 5. The summed E-state index contributed by atoms with van der Waals surface area (Å²) in [7, 11) is 0. The smallest absolute Gasteiger partial charge is 0.159 e. The zero-order valence-electron chi connectivity index (χ0n) is 36.1. The van der Waals surface area contributed by atoms with Crippen molar-refractivity contribution in [2.24, 2.45) is 0 Å². The number of hydrogen-bond donors (Lipinski definition) is 0. The van der Waals surface area contributed by atoms with Crippen LogP contribution in [0.3, 0.4) is 0 Å². The fourth-order valence-electron chi connectivity index (χ4n) is 10.5. The molecule has 0 aliphatic carbocycles. The van der Waals surface area contributed by atoms with Crippen molar-refractivity contribution in [2.45, 2.75) is 0 Å². The van der Waals surface area contributed by atoms with Crippen molar-refractivity contribution in [1.82, 2.24) is 0 Å². The number of benzene rings is 11. The molecule has 0 unspecified atom stereocenters. The number of anilines is 6. The minimum atomic E-state index is 0.855. The lowest BCUT2D eigenvalue weighted by Crippen LogP contribution is -2.11. The van der Waals surface area contributed by atoms with Gasteiger partial charge in [0.1, 0.15) is 11.2 Å². The predicted molar refractivity (Wildman–Crippen MR) is 284 cm³/mol. The first-order valence-electron chi connectivity index (χ1n) is 22.7. The quantitative estimate of drug-likeness (QED) is 0.149. The molecule has 3 heterocycles. The van der Waals surface area contributed by atoms with E-state index in [2.05, 4.69) is 228 Å². The van der Waals surface area contributed by atoms with E-state index in [0.29, 0.717) is 0 Å². The highest BCUT2D eigenvalue weighted by Crippen LogP contribution is 2.50. The van der Waals surface area contributed by atoms with Crippen LogP contribution < -0.4 is 9.80 Å². The lowest BCUT2D eigenvalue weighted by Gasteiger charge is -2.28. The molecule has 0 N–H and O–H groups in total. The van der Waals surface area contributed by atoms with Crippen molar-refractivity contribution in [3.05, 3.63) is 231 Å². The van der Waals surface area contributed by atoms with Gasteiger partial charge in [0, 0.05) is 69.7 Å². The van der Waals surface area contributed by atoms with E-state index in [1.165, 1.54) is 41.7 Å². The number of fused-ring (bicyclic) bond motifs is 14. The zero-order valence-corrected chi connectivity index (χ0v) is 36.9. The van der Waals surface area contributed by atoms with E-state index in [9.17, 15) is 0 Å². The van der Waals surface area contributed by atoms with Crippen molar-refractivity contribution in [3.63, 3.8) is 0 Å². The van der Waals surface area contributed by atoms with E-state index in [1.807, 2.05) is 23.5 Å². The summed E-state index contributed by atoms with van der Waals surface area (Å²) in [5.41, 5.74) is 12.0. The molecule has 314 valence electrons. The van der Waals surface area contributed by atoms with Gasteiger partial charge in [0.25, 0.3) is 0 Å². The Morgan fingerprint density at radius 2 is 0.836 bits per heavy atom. The average molecular weight is 875 g/mol. The van der Waals surface area contributed by atoms with E-state index < -0.39 is 0 Å². The number of para-hydroxylation sites is 6. The Labute approximate surface area is 389 Å². The second-order valence-electron chi connectivity index (χ2n) is 17.2. The van der Waals surface area contributed by atoms with Gasteiger partial charge in [-0.2, -0.15) is 0 Å². The molecule has 0 bridgehead atoms. The van der Waals surface area contributed by atoms with Crippen LogP contribution in [0.15, 0.2) is 239 Å². The topological polar surface area (TPSA) is 32.8 Å². The molecular weight excluding hydrogens is 837 g/mol. The van der Waals surface area contributed by atoms with E-state index in [-0.39, 0.29) is 0 Å². The largest absolute Gasteiger partial charge is 0.454 e. The van der Waals surface area contributed by atoms with Crippen molar-refractivity contribution in [1.29, 1.82) is 0 Å². The number of furan rings is 2. The molecule has 0 saturated heterocycles. The second kappa shape index (κ2) is 15.0. The summed E-state index contributed by atoms with van der Waals surface area (Å²) >= 11 is 1.87. The maximum atomic E-state index is 6.77. The third-order valence-corrected chi connectivity index (χ3v) is 14.6. The molecule has 0 fully saturated rings. The van der Waals surface area contributed by atoms with Crippen LogP contribution in [0.5, 0.6) is 0 Å². The molecule has 0 aliphatic heterocycles. The summed E-state index contributed by atoms with van der Waals surface area (Å²) in [6, 6.07) is 82.5. The molecule has 5 heteroatoms. The predicted octanol–water partition coefficient (Wildman–Crippen LogP) is 18.8. The first-order valence-corrected chi connectivity index (χ1v) is 23.5. The van der Waals surface area contributed by atoms with Crippen LogP contribution in [0.4, 0.5) is 34.1 Å². The summed E-state index contributed by atoms with van der Waals surface area (Å²) < 4.78 is 15.9. The van der Waals surface area contributed by atoms with E-state index in [4.69, 9.17) is 8.83 Å². The molecule has 67 heavy (non-hydrogen) atoms. The Bertz CT molecular complexity index is 4240. The maximum absolute atomic E-state index is 6.77. The molecule has 4 nitrogen and oxygen atoms in total. The van der Waals surface area contributed by atoms with Gasteiger partial charge in [-0.05, 0) is 88.5 Å². The molecular formula is C62H38N2O2S. The molecule has 11 aromatic carbocycles.